The first-order valence-electron chi connectivity index (χ1n) is 9.04. The van der Waals surface area contributed by atoms with Crippen LogP contribution in [0.4, 0.5) is 11.4 Å². The molecule has 0 fully saturated rings. The molecule has 0 amide bonds. The Balaban J connectivity index is 1.62. The van der Waals surface area contributed by atoms with Gasteiger partial charge in [-0.2, -0.15) is 0 Å². The minimum atomic E-state index is 0.843. The summed E-state index contributed by atoms with van der Waals surface area (Å²) in [5.41, 5.74) is 5.47. The van der Waals surface area contributed by atoms with Gasteiger partial charge in [0.2, 0.25) is 0 Å². The van der Waals surface area contributed by atoms with E-state index in [0.29, 0.717) is 0 Å². The van der Waals surface area contributed by atoms with E-state index in [1.807, 2.05) is 48.5 Å². The van der Waals surface area contributed by atoms with Gasteiger partial charge in [-0.3, -0.25) is 0 Å². The number of aryl methyl sites for hydroxylation is 1. The van der Waals surface area contributed by atoms with Crippen LogP contribution in [-0.4, -0.2) is 0 Å². The minimum absolute atomic E-state index is 0.843. The molecule has 0 aliphatic heterocycles. The Morgan fingerprint density at radius 2 is 1.22 bits per heavy atom. The first-order valence-corrected chi connectivity index (χ1v) is 9.04. The topological polar surface area (TPSA) is 21.3 Å². The summed E-state index contributed by atoms with van der Waals surface area (Å²) >= 11 is 0. The number of ether oxygens (including phenoxy) is 1. The van der Waals surface area contributed by atoms with Gasteiger partial charge < -0.3 is 10.1 Å². The van der Waals surface area contributed by atoms with Gasteiger partial charge in [0.05, 0.1) is 0 Å². The molecule has 4 rings (SSSR count). The van der Waals surface area contributed by atoms with Crippen molar-refractivity contribution in [2.24, 2.45) is 0 Å². The summed E-state index contributed by atoms with van der Waals surface area (Å²) in [6.45, 7) is 2.08. The average Bonchev–Trinajstić information content (AvgIpc) is 2.72. The van der Waals surface area contributed by atoms with Crippen LogP contribution in [0.5, 0.6) is 11.5 Å². The van der Waals surface area contributed by atoms with Crippen molar-refractivity contribution in [3.63, 3.8) is 0 Å². The zero-order chi connectivity index (χ0) is 18.5. The zero-order valence-corrected chi connectivity index (χ0v) is 15.2. The van der Waals surface area contributed by atoms with Crippen LogP contribution in [0, 0.1) is 6.92 Å². The van der Waals surface area contributed by atoms with Crippen molar-refractivity contribution < 1.29 is 4.74 Å². The number of anilines is 2. The number of nitrogens with one attached hydrogen (secondary N) is 1. The van der Waals surface area contributed by atoms with Gasteiger partial charge in [0.1, 0.15) is 11.5 Å². The van der Waals surface area contributed by atoms with Crippen LogP contribution in [-0.2, 0) is 0 Å². The van der Waals surface area contributed by atoms with Crippen LogP contribution in [0.3, 0.4) is 0 Å². The van der Waals surface area contributed by atoms with E-state index in [9.17, 15) is 0 Å². The molecule has 0 heterocycles. The lowest BCUT2D eigenvalue weighted by atomic mass is 10.0. The van der Waals surface area contributed by atoms with Crippen LogP contribution in [0.1, 0.15) is 5.56 Å². The van der Waals surface area contributed by atoms with E-state index in [0.717, 1.165) is 39.6 Å². The molecule has 0 aliphatic rings. The number of rotatable bonds is 5. The Morgan fingerprint density at radius 3 is 1.93 bits per heavy atom. The van der Waals surface area contributed by atoms with E-state index >= 15 is 0 Å². The van der Waals surface area contributed by atoms with Gasteiger partial charge in [0.25, 0.3) is 0 Å². The van der Waals surface area contributed by atoms with Gasteiger partial charge in [0, 0.05) is 16.9 Å². The molecule has 0 aliphatic carbocycles. The predicted molar refractivity (Wildman–Crippen MR) is 113 cm³/mol. The van der Waals surface area contributed by atoms with Crippen molar-refractivity contribution in [2.45, 2.75) is 6.92 Å². The predicted octanol–water partition coefficient (Wildman–Crippen LogP) is 7.20. The van der Waals surface area contributed by atoms with E-state index in [1.54, 1.807) is 0 Å². The first kappa shape index (κ1) is 16.9. The molecule has 0 atom stereocenters. The Morgan fingerprint density at radius 1 is 0.593 bits per heavy atom. The fourth-order valence-electron chi connectivity index (χ4n) is 3.04. The number of hydrogen-bond donors (Lipinski definition) is 1. The van der Waals surface area contributed by atoms with Gasteiger partial charge in [-0.15, -0.1) is 0 Å². The molecule has 27 heavy (non-hydrogen) atoms. The van der Waals surface area contributed by atoms with Gasteiger partial charge in [-0.1, -0.05) is 66.7 Å². The Labute approximate surface area is 160 Å². The van der Waals surface area contributed by atoms with E-state index in [4.69, 9.17) is 4.74 Å². The average molecular weight is 351 g/mol. The van der Waals surface area contributed by atoms with Crippen molar-refractivity contribution in [1.82, 2.24) is 0 Å². The molecule has 0 unspecified atom stereocenters. The van der Waals surface area contributed by atoms with Crippen LogP contribution in [0.2, 0.25) is 0 Å². The Bertz CT molecular complexity index is 1010. The molecule has 0 saturated heterocycles. The van der Waals surface area contributed by atoms with E-state index in [-0.39, 0.29) is 0 Å². The van der Waals surface area contributed by atoms with Crippen LogP contribution < -0.4 is 10.1 Å². The van der Waals surface area contributed by atoms with Crippen LogP contribution in [0.25, 0.3) is 11.1 Å². The highest BCUT2D eigenvalue weighted by molar-refractivity contribution is 5.74. The highest BCUT2D eigenvalue weighted by atomic mass is 16.5. The molecule has 1 N–H and O–H groups in total. The maximum absolute atomic E-state index is 6.20. The van der Waals surface area contributed by atoms with Gasteiger partial charge >= 0.3 is 0 Å². The van der Waals surface area contributed by atoms with Crippen LogP contribution in [0.15, 0.2) is 103 Å². The zero-order valence-electron chi connectivity index (χ0n) is 15.2. The normalized spacial score (nSPS) is 10.4. The smallest absolute Gasteiger partial charge is 0.138 e. The molecule has 0 radical (unpaired) electrons. The highest BCUT2D eigenvalue weighted by Crippen LogP contribution is 2.36. The van der Waals surface area contributed by atoms with Crippen molar-refractivity contribution in [1.29, 1.82) is 0 Å². The third-order valence-corrected chi connectivity index (χ3v) is 4.43. The molecule has 4 aromatic rings. The van der Waals surface area contributed by atoms with Gasteiger partial charge in [-0.05, 0) is 54.4 Å². The second kappa shape index (κ2) is 7.79. The summed E-state index contributed by atoms with van der Waals surface area (Å²) in [6, 6.07) is 34.8. The Hall–Kier alpha value is -3.52. The summed E-state index contributed by atoms with van der Waals surface area (Å²) in [6.07, 6.45) is 0. The molecule has 2 nitrogen and oxygen atoms in total. The van der Waals surface area contributed by atoms with Gasteiger partial charge in [0.15, 0.2) is 0 Å². The molecule has 0 saturated carbocycles. The van der Waals surface area contributed by atoms with Crippen molar-refractivity contribution in [3.05, 3.63) is 109 Å². The quantitative estimate of drug-likeness (QED) is 0.410. The summed E-state index contributed by atoms with van der Waals surface area (Å²) in [5.74, 6) is 1.74. The lowest BCUT2D eigenvalue weighted by molar-refractivity contribution is 0.481. The molecular formula is C25H21NO. The minimum Gasteiger partial charge on any atom is -0.456 e. The van der Waals surface area contributed by atoms with E-state index in [2.05, 4.69) is 66.8 Å². The monoisotopic (exact) mass is 351 g/mol. The number of hydrogen-bond acceptors (Lipinski definition) is 2. The maximum Gasteiger partial charge on any atom is 0.138 e. The van der Waals surface area contributed by atoms with Crippen molar-refractivity contribution >= 4 is 11.4 Å². The fraction of sp³-hybridized carbons (Fsp3) is 0.0400. The molecule has 0 aromatic heterocycles. The lowest BCUT2D eigenvalue weighted by Crippen LogP contribution is -1.92. The van der Waals surface area contributed by atoms with Gasteiger partial charge in [-0.25, -0.2) is 0 Å². The third-order valence-electron chi connectivity index (χ3n) is 4.43. The highest BCUT2D eigenvalue weighted by Gasteiger charge is 2.10. The Kier molecular flexibility index (Phi) is 4.88. The largest absolute Gasteiger partial charge is 0.456 e. The SMILES string of the molecule is Cc1cccc(-c2ccc(Nc3ccccc3)cc2)c1Oc1ccccc1. The third kappa shape index (κ3) is 4.01. The summed E-state index contributed by atoms with van der Waals surface area (Å²) < 4.78 is 6.20. The maximum atomic E-state index is 6.20. The molecule has 4 aromatic carbocycles. The van der Waals surface area contributed by atoms with Crippen molar-refractivity contribution in [3.8, 4) is 22.6 Å². The summed E-state index contributed by atoms with van der Waals surface area (Å²) in [5, 5.41) is 3.42. The molecule has 2 heteroatoms. The van der Waals surface area contributed by atoms with E-state index in [1.165, 1.54) is 0 Å². The molecule has 0 spiro atoms. The second-order valence-corrected chi connectivity index (χ2v) is 6.44. The van der Waals surface area contributed by atoms with Crippen molar-refractivity contribution in [2.75, 3.05) is 5.32 Å². The molecular weight excluding hydrogens is 330 g/mol. The van der Waals surface area contributed by atoms with Crippen LogP contribution >= 0.6 is 0 Å². The number of para-hydroxylation sites is 3. The second-order valence-electron chi connectivity index (χ2n) is 6.44. The summed E-state index contributed by atoms with van der Waals surface area (Å²) in [4.78, 5) is 0. The lowest BCUT2D eigenvalue weighted by Gasteiger charge is -2.15. The first-order chi connectivity index (χ1) is 13.3. The fourth-order valence-corrected chi connectivity index (χ4v) is 3.04. The number of benzene rings is 4. The van der Waals surface area contributed by atoms with E-state index < -0.39 is 0 Å². The summed E-state index contributed by atoms with van der Waals surface area (Å²) in [7, 11) is 0. The molecule has 0 bridgehead atoms. The molecule has 132 valence electrons. The standard InChI is InChI=1S/C25H21NO/c1-19-9-8-14-24(25(19)27-23-12-6-3-7-13-23)20-15-17-22(18-16-20)26-21-10-4-2-5-11-21/h2-18,26H,1H3.